The van der Waals surface area contributed by atoms with Crippen LogP contribution in [-0.2, 0) is 9.59 Å². The fraction of sp³-hybridized carbons (Fsp3) is 0.462. The Morgan fingerprint density at radius 3 is 1.55 bits per heavy atom. The average molecular weight is 463 g/mol. The lowest BCUT2D eigenvalue weighted by molar-refractivity contribution is -0.140. The third kappa shape index (κ3) is 7.91. The van der Waals surface area contributed by atoms with E-state index >= 15 is 0 Å². The van der Waals surface area contributed by atoms with Gasteiger partial charge in [-0.15, -0.1) is 0 Å². The maximum absolute atomic E-state index is 12.9. The van der Waals surface area contributed by atoms with Crippen molar-refractivity contribution in [1.29, 1.82) is 0 Å². The summed E-state index contributed by atoms with van der Waals surface area (Å²) < 4.78 is 48.5. The summed E-state index contributed by atoms with van der Waals surface area (Å²) in [6, 6.07) is 8.67. The monoisotopic (exact) mass is 462 g/mol. The Kier molecular flexibility index (Phi) is 9.34. The molecule has 0 heterocycles. The topological polar surface area (TPSA) is 52.6 Å². The molecule has 2 aromatic rings. The van der Waals surface area contributed by atoms with Gasteiger partial charge in [0.25, 0.3) is 0 Å². The van der Waals surface area contributed by atoms with E-state index in [-0.39, 0.29) is 35.3 Å². The van der Waals surface area contributed by atoms with Crippen molar-refractivity contribution in [2.75, 3.05) is 0 Å². The average Bonchev–Trinajstić information content (AvgIpc) is 2.84. The van der Waals surface area contributed by atoms with Crippen molar-refractivity contribution in [2.45, 2.75) is 64.2 Å². The van der Waals surface area contributed by atoms with Gasteiger partial charge in [0.2, 0.25) is 0 Å². The van der Waals surface area contributed by atoms with Crippen LogP contribution in [0.5, 0.6) is 11.5 Å². The molecule has 0 radical (unpaired) electrons. The normalized spacial score (nSPS) is 16.9. The molecule has 33 heavy (non-hydrogen) atoms. The predicted octanol–water partition coefficient (Wildman–Crippen LogP) is 6.76. The second-order valence-electron chi connectivity index (χ2n) is 8.54. The molecular formula is C26H29F3O4. The van der Waals surface area contributed by atoms with Crippen LogP contribution in [-0.4, -0.2) is 11.9 Å². The molecule has 178 valence electrons. The standard InChI is InChI=1S/C13H14F2O2.C13H15FO2/c14-11-7-6-10(8-12(11)15)17-13(16)9-4-2-1-3-5-9;14-11-6-8-12(9-7-11)16-13(15)10-4-2-1-3-5-10/h6-9H,1-5H2;6-10H,1-5H2. The Bertz CT molecular complexity index is 918. The van der Waals surface area contributed by atoms with Crippen molar-refractivity contribution < 1.29 is 32.2 Å². The highest BCUT2D eigenvalue weighted by Gasteiger charge is 2.24. The van der Waals surface area contributed by atoms with Crippen LogP contribution in [0.4, 0.5) is 13.2 Å². The zero-order valence-corrected chi connectivity index (χ0v) is 18.5. The molecule has 0 aliphatic heterocycles. The SMILES string of the molecule is O=C(Oc1ccc(F)c(F)c1)C1CCCCC1.O=C(Oc1ccc(F)cc1)C1CCCCC1. The van der Waals surface area contributed by atoms with Gasteiger partial charge in [-0.25, -0.2) is 13.2 Å². The fourth-order valence-electron chi connectivity index (χ4n) is 4.12. The maximum Gasteiger partial charge on any atom is 0.314 e. The summed E-state index contributed by atoms with van der Waals surface area (Å²) in [5, 5.41) is 0. The van der Waals surface area contributed by atoms with Crippen LogP contribution < -0.4 is 9.47 Å². The first kappa shape index (κ1) is 24.8. The van der Waals surface area contributed by atoms with Crippen molar-refractivity contribution in [1.82, 2.24) is 0 Å². The van der Waals surface area contributed by atoms with Gasteiger partial charge >= 0.3 is 11.9 Å². The molecule has 2 aliphatic rings. The van der Waals surface area contributed by atoms with Gasteiger partial charge in [-0.05, 0) is 62.1 Å². The molecule has 0 unspecified atom stereocenters. The van der Waals surface area contributed by atoms with Crippen molar-refractivity contribution in [3.8, 4) is 11.5 Å². The molecule has 0 N–H and O–H groups in total. The molecule has 4 nitrogen and oxygen atoms in total. The summed E-state index contributed by atoms with van der Waals surface area (Å²) in [4.78, 5) is 23.5. The van der Waals surface area contributed by atoms with Crippen molar-refractivity contribution in [2.24, 2.45) is 11.8 Å². The van der Waals surface area contributed by atoms with Crippen LogP contribution >= 0.6 is 0 Å². The van der Waals surface area contributed by atoms with Gasteiger partial charge in [0.1, 0.15) is 17.3 Å². The van der Waals surface area contributed by atoms with E-state index in [2.05, 4.69) is 0 Å². The lowest BCUT2D eigenvalue weighted by atomic mass is 9.89. The van der Waals surface area contributed by atoms with E-state index in [1.54, 1.807) is 0 Å². The molecule has 0 saturated heterocycles. The second kappa shape index (κ2) is 12.4. The first-order chi connectivity index (χ1) is 15.9. The van der Waals surface area contributed by atoms with E-state index in [0.29, 0.717) is 5.75 Å². The Morgan fingerprint density at radius 1 is 0.606 bits per heavy atom. The van der Waals surface area contributed by atoms with Gasteiger partial charge in [-0.1, -0.05) is 38.5 Å². The van der Waals surface area contributed by atoms with Crippen molar-refractivity contribution in [3.63, 3.8) is 0 Å². The number of hydrogen-bond donors (Lipinski definition) is 0. The second-order valence-corrected chi connectivity index (χ2v) is 8.54. The molecule has 0 atom stereocenters. The number of benzene rings is 2. The smallest absolute Gasteiger partial charge is 0.314 e. The van der Waals surface area contributed by atoms with Crippen LogP contribution in [0.15, 0.2) is 42.5 Å². The van der Waals surface area contributed by atoms with E-state index in [0.717, 1.165) is 69.9 Å². The molecule has 0 aromatic heterocycles. The van der Waals surface area contributed by atoms with Crippen molar-refractivity contribution >= 4 is 11.9 Å². The maximum atomic E-state index is 12.9. The summed E-state index contributed by atoms with van der Waals surface area (Å²) >= 11 is 0. The molecule has 2 aliphatic carbocycles. The first-order valence-corrected chi connectivity index (χ1v) is 11.6. The van der Waals surface area contributed by atoms with Gasteiger partial charge in [0.15, 0.2) is 11.6 Å². The van der Waals surface area contributed by atoms with Gasteiger partial charge in [-0.2, -0.15) is 0 Å². The van der Waals surface area contributed by atoms with Gasteiger partial charge in [0, 0.05) is 6.07 Å². The van der Waals surface area contributed by atoms with E-state index in [1.807, 2.05) is 0 Å². The van der Waals surface area contributed by atoms with E-state index in [4.69, 9.17) is 9.47 Å². The number of ether oxygens (including phenoxy) is 2. The Balaban J connectivity index is 0.000000186. The van der Waals surface area contributed by atoms with Crippen LogP contribution in [0, 0.1) is 29.3 Å². The van der Waals surface area contributed by atoms with Crippen molar-refractivity contribution in [3.05, 3.63) is 59.9 Å². The van der Waals surface area contributed by atoms with Crippen LogP contribution in [0.1, 0.15) is 64.2 Å². The lowest BCUT2D eigenvalue weighted by Gasteiger charge is -2.19. The quantitative estimate of drug-likeness (QED) is 0.372. The largest absolute Gasteiger partial charge is 0.426 e. The Morgan fingerprint density at radius 2 is 1.06 bits per heavy atom. The minimum absolute atomic E-state index is 0.0267. The van der Waals surface area contributed by atoms with Crippen LogP contribution in [0.3, 0.4) is 0 Å². The van der Waals surface area contributed by atoms with E-state index < -0.39 is 11.6 Å². The minimum Gasteiger partial charge on any atom is -0.426 e. The number of rotatable bonds is 4. The molecule has 0 amide bonds. The number of esters is 2. The highest BCUT2D eigenvalue weighted by Crippen LogP contribution is 2.27. The highest BCUT2D eigenvalue weighted by atomic mass is 19.2. The van der Waals surface area contributed by atoms with Crippen LogP contribution in [0.25, 0.3) is 0 Å². The third-order valence-corrected chi connectivity index (χ3v) is 6.02. The first-order valence-electron chi connectivity index (χ1n) is 11.6. The molecule has 2 saturated carbocycles. The lowest BCUT2D eigenvalue weighted by Crippen LogP contribution is -2.22. The van der Waals surface area contributed by atoms with Gasteiger partial charge < -0.3 is 9.47 Å². The summed E-state index contributed by atoms with van der Waals surface area (Å²) in [6.45, 7) is 0. The predicted molar refractivity (Wildman–Crippen MR) is 117 cm³/mol. The highest BCUT2D eigenvalue weighted by molar-refractivity contribution is 5.75. The van der Waals surface area contributed by atoms with E-state index in [9.17, 15) is 22.8 Å². The number of hydrogen-bond acceptors (Lipinski definition) is 4. The summed E-state index contributed by atoms with van der Waals surface area (Å²) in [5.74, 6) is -2.35. The zero-order valence-electron chi connectivity index (χ0n) is 18.5. The third-order valence-electron chi connectivity index (χ3n) is 6.02. The molecule has 2 fully saturated rings. The molecule has 0 spiro atoms. The molecular weight excluding hydrogens is 433 g/mol. The number of carbonyl (C=O) groups is 2. The number of carbonyl (C=O) groups excluding carboxylic acids is 2. The molecule has 7 heteroatoms. The molecule has 4 rings (SSSR count). The van der Waals surface area contributed by atoms with Crippen LogP contribution in [0.2, 0.25) is 0 Å². The Labute approximate surface area is 192 Å². The molecule has 0 bridgehead atoms. The summed E-state index contributed by atoms with van der Waals surface area (Å²) in [5.41, 5.74) is 0. The molecule has 2 aromatic carbocycles. The van der Waals surface area contributed by atoms with Gasteiger partial charge in [-0.3, -0.25) is 9.59 Å². The number of halogens is 3. The van der Waals surface area contributed by atoms with Gasteiger partial charge in [0.05, 0.1) is 11.8 Å². The minimum atomic E-state index is -1.00. The summed E-state index contributed by atoms with van der Waals surface area (Å²) in [7, 11) is 0. The summed E-state index contributed by atoms with van der Waals surface area (Å²) in [6.07, 6.45) is 10.1. The van der Waals surface area contributed by atoms with E-state index in [1.165, 1.54) is 36.8 Å². The Hall–Kier alpha value is -2.83. The fourth-order valence-corrected chi connectivity index (χ4v) is 4.12. The zero-order chi connectivity index (χ0) is 23.6.